The van der Waals surface area contributed by atoms with Gasteiger partial charge in [0, 0.05) is 13.1 Å². The van der Waals surface area contributed by atoms with Gasteiger partial charge in [-0.05, 0) is 57.0 Å². The van der Waals surface area contributed by atoms with E-state index in [0.29, 0.717) is 5.41 Å². The lowest BCUT2D eigenvalue weighted by molar-refractivity contribution is 0.174. The fourth-order valence-corrected chi connectivity index (χ4v) is 4.35. The van der Waals surface area contributed by atoms with Crippen molar-refractivity contribution in [3.05, 3.63) is 0 Å². The molecule has 0 heterocycles. The summed E-state index contributed by atoms with van der Waals surface area (Å²) in [6, 6.07) is 0.210. The number of hydrogen-bond donors (Lipinski definition) is 1. The molecule has 0 atom stereocenters. The van der Waals surface area contributed by atoms with Gasteiger partial charge in [0.25, 0.3) is 0 Å². The SMILES string of the molecule is CCNCCCCS(=O)(=O)N(C)C1CCC(C)(C)CC1. The largest absolute Gasteiger partial charge is 0.317 e. The van der Waals surface area contributed by atoms with Gasteiger partial charge in [0.2, 0.25) is 10.0 Å². The third-order valence-electron chi connectivity index (χ3n) is 4.52. The van der Waals surface area contributed by atoms with Crippen molar-refractivity contribution in [1.82, 2.24) is 9.62 Å². The minimum absolute atomic E-state index is 0.210. The standard InChI is InChI=1S/C15H32N2O2S/c1-5-16-12-6-7-13-20(18,19)17(4)14-8-10-15(2,3)11-9-14/h14,16H,5-13H2,1-4H3. The minimum Gasteiger partial charge on any atom is -0.317 e. The van der Waals surface area contributed by atoms with E-state index >= 15 is 0 Å². The van der Waals surface area contributed by atoms with Crippen molar-refractivity contribution >= 4 is 10.0 Å². The van der Waals surface area contributed by atoms with Crippen molar-refractivity contribution in [3.8, 4) is 0 Å². The van der Waals surface area contributed by atoms with E-state index in [-0.39, 0.29) is 11.8 Å². The molecule has 0 aromatic rings. The number of rotatable bonds is 8. The molecule has 4 nitrogen and oxygen atoms in total. The summed E-state index contributed by atoms with van der Waals surface area (Å²) in [5, 5.41) is 3.23. The number of nitrogens with one attached hydrogen (secondary N) is 1. The fraction of sp³-hybridized carbons (Fsp3) is 1.00. The molecular formula is C15H32N2O2S. The van der Waals surface area contributed by atoms with E-state index in [9.17, 15) is 8.42 Å². The van der Waals surface area contributed by atoms with Crippen LogP contribution in [0.15, 0.2) is 0 Å². The molecule has 0 aromatic carbocycles. The maximum Gasteiger partial charge on any atom is 0.214 e. The van der Waals surface area contributed by atoms with Crippen molar-refractivity contribution in [2.75, 3.05) is 25.9 Å². The Morgan fingerprint density at radius 2 is 1.80 bits per heavy atom. The van der Waals surface area contributed by atoms with Crippen molar-refractivity contribution in [2.45, 2.75) is 65.3 Å². The van der Waals surface area contributed by atoms with Gasteiger partial charge in [0.15, 0.2) is 0 Å². The number of nitrogens with zero attached hydrogens (tertiary/aromatic N) is 1. The predicted molar refractivity (Wildman–Crippen MR) is 85.4 cm³/mol. The normalized spacial score (nSPS) is 20.4. The van der Waals surface area contributed by atoms with Gasteiger partial charge < -0.3 is 5.32 Å². The van der Waals surface area contributed by atoms with Crippen LogP contribution in [0.2, 0.25) is 0 Å². The summed E-state index contributed by atoms with van der Waals surface area (Å²) in [7, 11) is -1.31. The molecule has 1 aliphatic rings. The van der Waals surface area contributed by atoms with Crippen LogP contribution in [0.4, 0.5) is 0 Å². The van der Waals surface area contributed by atoms with Gasteiger partial charge in [-0.3, -0.25) is 0 Å². The molecule has 1 N–H and O–H groups in total. The highest BCUT2D eigenvalue weighted by Crippen LogP contribution is 2.37. The molecule has 1 rings (SSSR count). The molecule has 0 aromatic heterocycles. The third-order valence-corrected chi connectivity index (χ3v) is 6.50. The van der Waals surface area contributed by atoms with Crippen LogP contribution in [-0.2, 0) is 10.0 Å². The highest BCUT2D eigenvalue weighted by molar-refractivity contribution is 7.89. The Hall–Kier alpha value is -0.130. The van der Waals surface area contributed by atoms with Crippen LogP contribution in [0.1, 0.15) is 59.3 Å². The average molecular weight is 305 g/mol. The van der Waals surface area contributed by atoms with E-state index in [4.69, 9.17) is 0 Å². The molecule has 0 unspecified atom stereocenters. The smallest absolute Gasteiger partial charge is 0.214 e. The van der Waals surface area contributed by atoms with E-state index in [0.717, 1.165) is 51.6 Å². The predicted octanol–water partition coefficient (Wildman–Crippen LogP) is 2.61. The Labute approximate surface area is 125 Å². The molecule has 0 aliphatic heterocycles. The second kappa shape index (κ2) is 7.76. The van der Waals surface area contributed by atoms with Crippen LogP contribution in [-0.4, -0.2) is 44.7 Å². The third kappa shape index (κ3) is 5.70. The van der Waals surface area contributed by atoms with E-state index in [2.05, 4.69) is 26.1 Å². The van der Waals surface area contributed by atoms with E-state index in [1.165, 1.54) is 0 Å². The van der Waals surface area contributed by atoms with Crippen LogP contribution < -0.4 is 5.32 Å². The molecule has 0 amide bonds. The van der Waals surface area contributed by atoms with Crippen LogP contribution in [0.5, 0.6) is 0 Å². The van der Waals surface area contributed by atoms with Gasteiger partial charge >= 0.3 is 0 Å². The van der Waals surface area contributed by atoms with E-state index in [1.54, 1.807) is 11.4 Å². The number of sulfonamides is 1. The molecule has 0 saturated heterocycles. The van der Waals surface area contributed by atoms with Gasteiger partial charge in [0.05, 0.1) is 5.75 Å². The Morgan fingerprint density at radius 3 is 2.35 bits per heavy atom. The van der Waals surface area contributed by atoms with Crippen LogP contribution in [0.3, 0.4) is 0 Å². The lowest BCUT2D eigenvalue weighted by Crippen LogP contribution is -2.41. The lowest BCUT2D eigenvalue weighted by Gasteiger charge is -2.38. The summed E-state index contributed by atoms with van der Waals surface area (Å²) < 4.78 is 26.3. The molecule has 5 heteroatoms. The lowest BCUT2D eigenvalue weighted by atomic mass is 9.76. The highest BCUT2D eigenvalue weighted by Gasteiger charge is 2.32. The van der Waals surface area contributed by atoms with Gasteiger partial charge in [-0.25, -0.2) is 12.7 Å². The first-order valence-corrected chi connectivity index (χ1v) is 9.56. The van der Waals surface area contributed by atoms with Gasteiger partial charge in [-0.15, -0.1) is 0 Å². The zero-order valence-corrected chi connectivity index (χ0v) is 14.4. The van der Waals surface area contributed by atoms with Crippen molar-refractivity contribution in [1.29, 1.82) is 0 Å². The number of unbranched alkanes of at least 4 members (excludes halogenated alkanes) is 1. The summed E-state index contributed by atoms with van der Waals surface area (Å²) >= 11 is 0. The maximum atomic E-state index is 12.3. The Balaban J connectivity index is 2.39. The first-order chi connectivity index (χ1) is 9.28. The zero-order valence-electron chi connectivity index (χ0n) is 13.6. The first-order valence-electron chi connectivity index (χ1n) is 7.95. The van der Waals surface area contributed by atoms with Crippen LogP contribution in [0, 0.1) is 5.41 Å². The molecule has 0 bridgehead atoms. The highest BCUT2D eigenvalue weighted by atomic mass is 32.2. The Bertz CT molecular complexity index is 369. The van der Waals surface area contributed by atoms with Crippen molar-refractivity contribution in [2.24, 2.45) is 5.41 Å². The summed E-state index contributed by atoms with van der Waals surface area (Å²) in [4.78, 5) is 0. The summed E-state index contributed by atoms with van der Waals surface area (Å²) in [5.41, 5.74) is 0.382. The Kier molecular flexibility index (Phi) is 6.95. The molecule has 0 spiro atoms. The minimum atomic E-state index is -3.08. The van der Waals surface area contributed by atoms with Crippen LogP contribution >= 0.6 is 0 Å². The van der Waals surface area contributed by atoms with Crippen LogP contribution in [0.25, 0.3) is 0 Å². The molecule has 1 aliphatic carbocycles. The fourth-order valence-electron chi connectivity index (χ4n) is 2.83. The first kappa shape index (κ1) is 17.9. The second-order valence-electron chi connectivity index (χ2n) is 6.79. The van der Waals surface area contributed by atoms with Crippen molar-refractivity contribution < 1.29 is 8.42 Å². The van der Waals surface area contributed by atoms with Gasteiger partial charge in [-0.1, -0.05) is 20.8 Å². The maximum absolute atomic E-state index is 12.3. The zero-order chi connectivity index (χ0) is 15.2. The van der Waals surface area contributed by atoms with Crippen molar-refractivity contribution in [3.63, 3.8) is 0 Å². The monoisotopic (exact) mass is 304 g/mol. The Morgan fingerprint density at radius 1 is 1.20 bits per heavy atom. The summed E-state index contributed by atoms with van der Waals surface area (Å²) in [6.07, 6.45) is 5.92. The second-order valence-corrected chi connectivity index (χ2v) is 8.94. The summed E-state index contributed by atoms with van der Waals surface area (Å²) in [5.74, 6) is 0.286. The molecule has 1 saturated carbocycles. The van der Waals surface area contributed by atoms with E-state index < -0.39 is 10.0 Å². The number of hydrogen-bond acceptors (Lipinski definition) is 3. The molecule has 20 heavy (non-hydrogen) atoms. The quantitative estimate of drug-likeness (QED) is 0.701. The summed E-state index contributed by atoms with van der Waals surface area (Å²) in [6.45, 7) is 8.48. The molecule has 120 valence electrons. The van der Waals surface area contributed by atoms with Gasteiger partial charge in [0.1, 0.15) is 0 Å². The average Bonchev–Trinajstić information content (AvgIpc) is 2.37. The topological polar surface area (TPSA) is 49.4 Å². The molecule has 1 fully saturated rings. The van der Waals surface area contributed by atoms with E-state index in [1.807, 2.05) is 0 Å². The molecule has 0 radical (unpaired) electrons. The van der Waals surface area contributed by atoms with Gasteiger partial charge in [-0.2, -0.15) is 0 Å². The molecular weight excluding hydrogens is 272 g/mol.